The number of hydrogen-bond donors (Lipinski definition) is 2. The average molecular weight is 291 g/mol. The number of halogens is 1. The van der Waals surface area contributed by atoms with E-state index in [1.807, 2.05) is 6.92 Å². The molecule has 104 valence electrons. The lowest BCUT2D eigenvalue weighted by atomic mass is 10.2. The van der Waals surface area contributed by atoms with Crippen molar-refractivity contribution in [3.05, 3.63) is 53.1 Å². The second-order valence-electron chi connectivity index (χ2n) is 4.16. The molecule has 2 aromatic rings. The van der Waals surface area contributed by atoms with Gasteiger partial charge in [-0.1, -0.05) is 17.7 Å². The van der Waals surface area contributed by atoms with Crippen molar-refractivity contribution in [2.24, 2.45) is 0 Å². The van der Waals surface area contributed by atoms with Crippen molar-refractivity contribution in [1.29, 1.82) is 0 Å². The topological polar surface area (TPSA) is 64.3 Å². The van der Waals surface area contributed by atoms with Crippen molar-refractivity contribution in [3.8, 4) is 5.75 Å². The number of carbonyl (C=O) groups is 1. The predicted octanol–water partition coefficient (Wildman–Crippen LogP) is 3.57. The van der Waals surface area contributed by atoms with Crippen LogP contribution in [0.15, 0.2) is 42.5 Å². The normalized spacial score (nSPS) is 10.1. The lowest BCUT2D eigenvalue weighted by Crippen LogP contribution is -2.12. The van der Waals surface area contributed by atoms with E-state index in [0.717, 1.165) is 0 Å². The first-order valence-corrected chi connectivity index (χ1v) is 6.57. The number of ether oxygens (including phenoxy) is 1. The smallest absolute Gasteiger partial charge is 0.255 e. The summed E-state index contributed by atoms with van der Waals surface area (Å²) in [6.45, 7) is 2.39. The first kappa shape index (κ1) is 14.2. The Kier molecular flexibility index (Phi) is 4.48. The van der Waals surface area contributed by atoms with Gasteiger partial charge in [0, 0.05) is 16.9 Å². The van der Waals surface area contributed by atoms with Crippen LogP contribution in [0.4, 0.5) is 11.4 Å². The average Bonchev–Trinajstić information content (AvgIpc) is 2.41. The van der Waals surface area contributed by atoms with E-state index in [1.165, 1.54) is 0 Å². The summed E-state index contributed by atoms with van der Waals surface area (Å²) in [6.07, 6.45) is 0. The van der Waals surface area contributed by atoms with Gasteiger partial charge >= 0.3 is 0 Å². The van der Waals surface area contributed by atoms with Gasteiger partial charge in [-0.2, -0.15) is 0 Å². The number of anilines is 2. The molecule has 2 aromatic carbocycles. The molecule has 0 aromatic heterocycles. The van der Waals surface area contributed by atoms with Crippen molar-refractivity contribution >= 4 is 28.9 Å². The van der Waals surface area contributed by atoms with Gasteiger partial charge in [0.05, 0.1) is 11.6 Å². The van der Waals surface area contributed by atoms with Crippen LogP contribution < -0.4 is 15.8 Å². The predicted molar refractivity (Wildman–Crippen MR) is 81.4 cm³/mol. The summed E-state index contributed by atoms with van der Waals surface area (Å²) < 4.78 is 5.33. The van der Waals surface area contributed by atoms with Crippen molar-refractivity contribution in [2.75, 3.05) is 17.7 Å². The van der Waals surface area contributed by atoms with Gasteiger partial charge in [-0.05, 0) is 43.3 Å². The molecule has 5 heteroatoms. The van der Waals surface area contributed by atoms with E-state index < -0.39 is 0 Å². The van der Waals surface area contributed by atoms with Gasteiger partial charge < -0.3 is 15.8 Å². The Morgan fingerprint density at radius 1 is 1.30 bits per heavy atom. The molecule has 0 aliphatic rings. The molecule has 0 heterocycles. The molecular formula is C15H15ClN2O2. The summed E-state index contributed by atoms with van der Waals surface area (Å²) in [4.78, 5) is 12.1. The molecule has 0 radical (unpaired) electrons. The van der Waals surface area contributed by atoms with Gasteiger partial charge in [-0.3, -0.25) is 4.79 Å². The standard InChI is InChI=1S/C15H15ClN2O2/c1-2-20-14-7-6-10(8-13(14)16)15(19)18-12-5-3-4-11(17)9-12/h3-9H,2,17H2,1H3,(H,18,19). The lowest BCUT2D eigenvalue weighted by molar-refractivity contribution is 0.102. The van der Waals surface area contributed by atoms with Crippen molar-refractivity contribution in [3.63, 3.8) is 0 Å². The monoisotopic (exact) mass is 290 g/mol. The van der Waals surface area contributed by atoms with E-state index in [2.05, 4.69) is 5.32 Å². The number of carbonyl (C=O) groups excluding carboxylic acids is 1. The third-order valence-corrected chi connectivity index (χ3v) is 2.93. The van der Waals surface area contributed by atoms with Crippen molar-refractivity contribution in [2.45, 2.75) is 6.92 Å². The first-order chi connectivity index (χ1) is 9.60. The van der Waals surface area contributed by atoms with E-state index in [4.69, 9.17) is 22.1 Å². The Morgan fingerprint density at radius 2 is 2.10 bits per heavy atom. The largest absolute Gasteiger partial charge is 0.492 e. The molecule has 0 atom stereocenters. The van der Waals surface area contributed by atoms with Crippen LogP contribution in [-0.2, 0) is 0 Å². The Balaban J connectivity index is 2.15. The van der Waals surface area contributed by atoms with Crippen LogP contribution in [0.1, 0.15) is 17.3 Å². The fraction of sp³-hybridized carbons (Fsp3) is 0.133. The zero-order chi connectivity index (χ0) is 14.5. The van der Waals surface area contributed by atoms with Crippen LogP contribution in [0.2, 0.25) is 5.02 Å². The molecule has 0 unspecified atom stereocenters. The molecule has 0 saturated carbocycles. The van der Waals surface area contributed by atoms with E-state index in [1.54, 1.807) is 42.5 Å². The van der Waals surface area contributed by atoms with E-state index in [9.17, 15) is 4.79 Å². The number of hydrogen-bond acceptors (Lipinski definition) is 3. The minimum absolute atomic E-state index is 0.249. The number of nitrogens with two attached hydrogens (primary N) is 1. The zero-order valence-corrected chi connectivity index (χ0v) is 11.8. The van der Waals surface area contributed by atoms with Crippen LogP contribution in [0.25, 0.3) is 0 Å². The van der Waals surface area contributed by atoms with Gasteiger partial charge in [0.25, 0.3) is 5.91 Å². The Hall–Kier alpha value is -2.20. The highest BCUT2D eigenvalue weighted by Crippen LogP contribution is 2.26. The van der Waals surface area contributed by atoms with Crippen LogP contribution in [0.3, 0.4) is 0 Å². The second kappa shape index (κ2) is 6.30. The molecule has 2 rings (SSSR count). The maximum absolute atomic E-state index is 12.1. The van der Waals surface area contributed by atoms with Gasteiger partial charge in [0.2, 0.25) is 0 Å². The fourth-order valence-corrected chi connectivity index (χ4v) is 1.97. The Labute approximate surface area is 122 Å². The first-order valence-electron chi connectivity index (χ1n) is 6.19. The molecule has 1 amide bonds. The maximum atomic E-state index is 12.1. The summed E-state index contributed by atoms with van der Waals surface area (Å²) in [6, 6.07) is 11.9. The molecule has 0 aliphatic heterocycles. The third kappa shape index (κ3) is 3.42. The highest BCUT2D eigenvalue weighted by molar-refractivity contribution is 6.32. The summed E-state index contributed by atoms with van der Waals surface area (Å²) in [5.74, 6) is 0.315. The molecule has 0 spiro atoms. The Morgan fingerprint density at radius 3 is 2.75 bits per heavy atom. The molecular weight excluding hydrogens is 276 g/mol. The molecule has 0 aliphatic carbocycles. The van der Waals surface area contributed by atoms with E-state index in [-0.39, 0.29) is 5.91 Å². The maximum Gasteiger partial charge on any atom is 0.255 e. The van der Waals surface area contributed by atoms with Gasteiger partial charge in [-0.25, -0.2) is 0 Å². The molecule has 0 saturated heterocycles. The number of nitrogens with one attached hydrogen (secondary N) is 1. The summed E-state index contributed by atoms with van der Waals surface area (Å²) >= 11 is 6.06. The van der Waals surface area contributed by atoms with Gasteiger partial charge in [0.1, 0.15) is 5.75 Å². The third-order valence-electron chi connectivity index (χ3n) is 2.64. The second-order valence-corrected chi connectivity index (χ2v) is 4.57. The fourth-order valence-electron chi connectivity index (χ4n) is 1.73. The number of rotatable bonds is 4. The van der Waals surface area contributed by atoms with E-state index >= 15 is 0 Å². The van der Waals surface area contributed by atoms with Crippen LogP contribution in [0, 0.1) is 0 Å². The van der Waals surface area contributed by atoms with Crippen molar-refractivity contribution < 1.29 is 9.53 Å². The molecule has 4 nitrogen and oxygen atoms in total. The summed E-state index contributed by atoms with van der Waals surface area (Å²) in [5.41, 5.74) is 7.35. The molecule has 0 fully saturated rings. The summed E-state index contributed by atoms with van der Waals surface area (Å²) in [5, 5.41) is 3.17. The minimum Gasteiger partial charge on any atom is -0.492 e. The SMILES string of the molecule is CCOc1ccc(C(=O)Nc2cccc(N)c2)cc1Cl. The summed E-state index contributed by atoms with van der Waals surface area (Å²) in [7, 11) is 0. The Bertz CT molecular complexity index is 629. The minimum atomic E-state index is -0.249. The highest BCUT2D eigenvalue weighted by Gasteiger charge is 2.09. The van der Waals surface area contributed by atoms with Crippen LogP contribution in [0.5, 0.6) is 5.75 Å². The van der Waals surface area contributed by atoms with Gasteiger partial charge in [0.15, 0.2) is 0 Å². The van der Waals surface area contributed by atoms with Crippen LogP contribution >= 0.6 is 11.6 Å². The van der Waals surface area contributed by atoms with Crippen molar-refractivity contribution in [1.82, 2.24) is 0 Å². The zero-order valence-electron chi connectivity index (χ0n) is 11.0. The van der Waals surface area contributed by atoms with Gasteiger partial charge in [-0.15, -0.1) is 0 Å². The van der Waals surface area contributed by atoms with Crippen LogP contribution in [-0.4, -0.2) is 12.5 Å². The molecule has 3 N–H and O–H groups in total. The lowest BCUT2D eigenvalue weighted by Gasteiger charge is -2.09. The molecule has 20 heavy (non-hydrogen) atoms. The number of nitrogen functional groups attached to an aromatic ring is 1. The highest BCUT2D eigenvalue weighted by atomic mass is 35.5. The van der Waals surface area contributed by atoms with E-state index in [0.29, 0.717) is 34.3 Å². The number of benzene rings is 2. The number of amides is 1. The molecule has 0 bridgehead atoms. The quantitative estimate of drug-likeness (QED) is 0.846.